The predicted octanol–water partition coefficient (Wildman–Crippen LogP) is 9.73. The molecule has 0 saturated heterocycles. The number of hydrogen-bond acceptors (Lipinski definition) is 4. The lowest BCUT2D eigenvalue weighted by atomic mass is 9.97. The number of ketones is 1. The number of Topliss-reactive ketones (excluding diaryl/α,β-unsaturated/α-hetero) is 1. The number of allylic oxidation sites excluding steroid dienone is 1. The molecule has 4 N–H and O–H groups in total. The summed E-state index contributed by atoms with van der Waals surface area (Å²) in [4.78, 5) is 12.3. The summed E-state index contributed by atoms with van der Waals surface area (Å²) in [6, 6.07) is -0.947. The lowest BCUT2D eigenvalue weighted by molar-refractivity contribution is -0.129. The van der Waals surface area contributed by atoms with Crippen LogP contribution in [0.4, 0.5) is 0 Å². The smallest absolute Gasteiger partial charge is 0.162 e. The molecule has 39 heavy (non-hydrogen) atoms. The molecule has 0 bridgehead atoms. The molecule has 4 heteroatoms. The molecule has 0 aromatic heterocycles. The van der Waals surface area contributed by atoms with Crippen LogP contribution in [0.2, 0.25) is 0 Å². The summed E-state index contributed by atoms with van der Waals surface area (Å²) in [6.07, 6.45) is 34.9. The summed E-state index contributed by atoms with van der Waals surface area (Å²) >= 11 is 0. The van der Waals surface area contributed by atoms with Crippen molar-refractivity contribution in [1.82, 2.24) is 0 Å². The van der Waals surface area contributed by atoms with Gasteiger partial charge in [-0.3, -0.25) is 4.79 Å². The number of carbonyl (C=O) groups excluding carboxylic acids is 1. The van der Waals surface area contributed by atoms with E-state index < -0.39 is 18.2 Å². The third-order valence-corrected chi connectivity index (χ3v) is 8.17. The minimum atomic E-state index is -1.28. The molecule has 0 aromatic rings. The van der Waals surface area contributed by atoms with Crippen LogP contribution in [0.15, 0.2) is 12.2 Å². The number of nitrogens with two attached hydrogens (primary N) is 1. The zero-order valence-electron chi connectivity index (χ0n) is 26.4. The van der Waals surface area contributed by atoms with Crippen LogP contribution < -0.4 is 5.73 Å². The van der Waals surface area contributed by atoms with Crippen molar-refractivity contribution in [2.24, 2.45) is 5.73 Å². The second-order valence-electron chi connectivity index (χ2n) is 12.1. The maximum Gasteiger partial charge on any atom is 0.162 e. The molecular formula is C35H69NO3. The van der Waals surface area contributed by atoms with Crippen LogP contribution >= 0.6 is 0 Å². The Balaban J connectivity index is 3.64. The molecule has 4 nitrogen and oxygen atoms in total. The number of rotatable bonds is 31. The van der Waals surface area contributed by atoms with Gasteiger partial charge in [-0.1, -0.05) is 174 Å². The van der Waals surface area contributed by atoms with E-state index >= 15 is 0 Å². The maximum absolute atomic E-state index is 12.3. The van der Waals surface area contributed by atoms with Gasteiger partial charge in [0.05, 0.1) is 12.1 Å². The molecule has 0 aliphatic heterocycles. The molecule has 0 radical (unpaired) electrons. The van der Waals surface area contributed by atoms with Crippen LogP contribution in [0, 0.1) is 0 Å². The lowest BCUT2D eigenvalue weighted by Gasteiger charge is -2.21. The van der Waals surface area contributed by atoms with Gasteiger partial charge in [0.2, 0.25) is 0 Å². The van der Waals surface area contributed by atoms with E-state index in [-0.39, 0.29) is 5.78 Å². The van der Waals surface area contributed by atoms with E-state index in [1.807, 2.05) is 6.08 Å². The van der Waals surface area contributed by atoms with Crippen LogP contribution in [0.1, 0.15) is 187 Å². The fourth-order valence-corrected chi connectivity index (χ4v) is 5.33. The van der Waals surface area contributed by atoms with Gasteiger partial charge >= 0.3 is 0 Å². The molecule has 0 rings (SSSR count). The van der Waals surface area contributed by atoms with Crippen molar-refractivity contribution in [3.05, 3.63) is 12.2 Å². The minimum Gasteiger partial charge on any atom is -0.387 e. The van der Waals surface area contributed by atoms with Gasteiger partial charge < -0.3 is 15.9 Å². The predicted molar refractivity (Wildman–Crippen MR) is 170 cm³/mol. The van der Waals surface area contributed by atoms with Crippen molar-refractivity contribution in [2.75, 3.05) is 0 Å². The average molecular weight is 552 g/mol. The maximum atomic E-state index is 12.3. The molecule has 0 aliphatic carbocycles. The summed E-state index contributed by atoms with van der Waals surface area (Å²) in [5.74, 6) is -0.237. The van der Waals surface area contributed by atoms with Crippen LogP contribution in [0.3, 0.4) is 0 Å². The molecule has 0 heterocycles. The third-order valence-electron chi connectivity index (χ3n) is 8.17. The Bertz CT molecular complexity index is 536. The highest BCUT2D eigenvalue weighted by Crippen LogP contribution is 2.15. The molecule has 0 aromatic carbocycles. The molecule has 0 fully saturated rings. The van der Waals surface area contributed by atoms with E-state index in [9.17, 15) is 15.0 Å². The number of aliphatic hydroxyl groups excluding tert-OH is 2. The van der Waals surface area contributed by atoms with Gasteiger partial charge in [0, 0.05) is 6.42 Å². The normalized spacial score (nSPS) is 14.2. The van der Waals surface area contributed by atoms with Crippen molar-refractivity contribution in [3.63, 3.8) is 0 Å². The molecule has 3 atom stereocenters. The van der Waals surface area contributed by atoms with E-state index in [0.29, 0.717) is 6.42 Å². The van der Waals surface area contributed by atoms with Gasteiger partial charge in [0.15, 0.2) is 5.78 Å². The first-order chi connectivity index (χ1) is 19.0. The summed E-state index contributed by atoms with van der Waals surface area (Å²) < 4.78 is 0. The quantitative estimate of drug-likeness (QED) is 0.0591. The van der Waals surface area contributed by atoms with Gasteiger partial charge in [-0.05, 0) is 19.3 Å². The Morgan fingerprint density at radius 3 is 1.28 bits per heavy atom. The average Bonchev–Trinajstić information content (AvgIpc) is 2.94. The first kappa shape index (κ1) is 38.3. The van der Waals surface area contributed by atoms with E-state index in [4.69, 9.17) is 5.73 Å². The number of unbranched alkanes of at least 4 members (excludes halogenated alkanes) is 24. The fourth-order valence-electron chi connectivity index (χ4n) is 5.33. The summed E-state index contributed by atoms with van der Waals surface area (Å²) in [5, 5.41) is 20.6. The Labute approximate surface area is 244 Å². The highest BCUT2D eigenvalue weighted by atomic mass is 16.3. The topological polar surface area (TPSA) is 83.6 Å². The van der Waals surface area contributed by atoms with Gasteiger partial charge in [0.25, 0.3) is 0 Å². The standard InChI is InChI=1S/C35H69NO3/c1-3-5-7-9-11-13-15-17-19-21-23-25-27-29-31-33(38)35(39)34(36)32(37)30-28-26-24-22-20-18-16-14-12-10-8-6-4-2/h28,30,32,34-35,37,39H,3-27,29,31,36H2,1-2H3/b30-28+. The van der Waals surface area contributed by atoms with Crippen molar-refractivity contribution in [1.29, 1.82) is 0 Å². The van der Waals surface area contributed by atoms with Gasteiger partial charge in [0.1, 0.15) is 6.10 Å². The molecular weight excluding hydrogens is 482 g/mol. The number of hydrogen-bond donors (Lipinski definition) is 3. The molecule has 3 unspecified atom stereocenters. The third kappa shape index (κ3) is 26.0. The van der Waals surface area contributed by atoms with E-state index in [2.05, 4.69) is 13.8 Å². The van der Waals surface area contributed by atoms with Crippen LogP contribution in [-0.4, -0.2) is 34.2 Å². The van der Waals surface area contributed by atoms with E-state index in [0.717, 1.165) is 32.1 Å². The highest BCUT2D eigenvalue weighted by Gasteiger charge is 2.26. The van der Waals surface area contributed by atoms with E-state index in [1.165, 1.54) is 135 Å². The second kappa shape index (κ2) is 30.3. The monoisotopic (exact) mass is 552 g/mol. The van der Waals surface area contributed by atoms with Gasteiger partial charge in [-0.25, -0.2) is 0 Å². The van der Waals surface area contributed by atoms with Crippen molar-refractivity contribution >= 4 is 5.78 Å². The lowest BCUT2D eigenvalue weighted by Crippen LogP contribution is -2.47. The van der Waals surface area contributed by atoms with Crippen LogP contribution in [0.5, 0.6) is 0 Å². The SMILES string of the molecule is CCCCCCCCCCCCC/C=C/C(O)C(N)C(O)C(=O)CCCCCCCCCCCCCCCC. The zero-order chi connectivity index (χ0) is 28.8. The summed E-state index contributed by atoms with van der Waals surface area (Å²) in [6.45, 7) is 4.53. The van der Waals surface area contributed by atoms with Gasteiger partial charge in [-0.15, -0.1) is 0 Å². The number of aliphatic hydroxyl groups is 2. The Morgan fingerprint density at radius 1 is 0.564 bits per heavy atom. The largest absolute Gasteiger partial charge is 0.387 e. The Hall–Kier alpha value is -0.710. The summed E-state index contributed by atoms with van der Waals surface area (Å²) in [7, 11) is 0. The Morgan fingerprint density at radius 2 is 0.897 bits per heavy atom. The summed E-state index contributed by atoms with van der Waals surface area (Å²) in [5.41, 5.74) is 5.99. The second-order valence-corrected chi connectivity index (χ2v) is 12.1. The van der Waals surface area contributed by atoms with Gasteiger partial charge in [-0.2, -0.15) is 0 Å². The fraction of sp³-hybridized carbons (Fsp3) is 0.914. The first-order valence-corrected chi connectivity index (χ1v) is 17.4. The zero-order valence-corrected chi connectivity index (χ0v) is 26.4. The number of carbonyl (C=O) groups is 1. The molecule has 0 amide bonds. The highest BCUT2D eigenvalue weighted by molar-refractivity contribution is 5.83. The molecule has 0 spiro atoms. The van der Waals surface area contributed by atoms with Crippen LogP contribution in [0.25, 0.3) is 0 Å². The molecule has 0 aliphatic rings. The van der Waals surface area contributed by atoms with Crippen molar-refractivity contribution in [3.8, 4) is 0 Å². The van der Waals surface area contributed by atoms with Crippen molar-refractivity contribution < 1.29 is 15.0 Å². The van der Waals surface area contributed by atoms with Crippen LogP contribution in [-0.2, 0) is 4.79 Å². The van der Waals surface area contributed by atoms with E-state index in [1.54, 1.807) is 6.08 Å². The van der Waals surface area contributed by atoms with Crippen molar-refractivity contribution in [2.45, 2.75) is 205 Å². The molecule has 0 saturated carbocycles. The minimum absolute atomic E-state index is 0.237. The molecule has 232 valence electrons. The Kier molecular flexibility index (Phi) is 29.7. The first-order valence-electron chi connectivity index (χ1n) is 17.4.